The molecule has 0 aromatic carbocycles. The Morgan fingerprint density at radius 2 is 1.97 bits per heavy atom. The molecule has 1 saturated carbocycles. The SMILES string of the molecule is CC1CCCN1C(=O)c1nc(C(=O)NC2CC(O)C2)sc1-c1cnc(NC(C)C(F)(F)F)cc1C(F)F. The molecule has 37 heavy (non-hydrogen) atoms. The Balaban J connectivity index is 1.73. The van der Waals surface area contributed by atoms with Crippen LogP contribution in [0.5, 0.6) is 0 Å². The van der Waals surface area contributed by atoms with E-state index in [-0.39, 0.29) is 33.2 Å². The van der Waals surface area contributed by atoms with Gasteiger partial charge in [-0.25, -0.2) is 18.7 Å². The van der Waals surface area contributed by atoms with Gasteiger partial charge in [-0.2, -0.15) is 13.2 Å². The third-order valence-electron chi connectivity index (χ3n) is 6.56. The molecule has 2 unspecified atom stereocenters. The van der Waals surface area contributed by atoms with Gasteiger partial charge in [-0.05, 0) is 45.6 Å². The van der Waals surface area contributed by atoms with E-state index in [0.29, 0.717) is 19.4 Å². The molecule has 4 rings (SSSR count). The number of hydrogen-bond donors (Lipinski definition) is 3. The van der Waals surface area contributed by atoms with Crippen LogP contribution in [0.1, 0.15) is 71.8 Å². The molecule has 3 heterocycles. The molecule has 1 saturated heterocycles. The number of carbonyl (C=O) groups excluding carboxylic acids is 2. The fourth-order valence-electron chi connectivity index (χ4n) is 4.29. The Morgan fingerprint density at radius 3 is 2.54 bits per heavy atom. The first kappa shape index (κ1) is 27.2. The van der Waals surface area contributed by atoms with Crippen LogP contribution >= 0.6 is 11.3 Å². The maximum absolute atomic E-state index is 14.1. The second kappa shape index (κ2) is 10.5. The molecule has 1 aliphatic carbocycles. The van der Waals surface area contributed by atoms with Gasteiger partial charge >= 0.3 is 6.18 Å². The van der Waals surface area contributed by atoms with Crippen molar-refractivity contribution in [3.05, 3.63) is 28.5 Å². The second-order valence-corrected chi connectivity index (χ2v) is 10.3. The van der Waals surface area contributed by atoms with E-state index in [4.69, 9.17) is 0 Å². The number of thiazole rings is 1. The summed E-state index contributed by atoms with van der Waals surface area (Å²) in [5.41, 5.74) is -1.02. The zero-order valence-corrected chi connectivity index (χ0v) is 20.8. The topological polar surface area (TPSA) is 107 Å². The normalized spacial score (nSPS) is 22.6. The van der Waals surface area contributed by atoms with E-state index in [0.717, 1.165) is 43.4 Å². The van der Waals surface area contributed by atoms with Gasteiger partial charge in [-0.3, -0.25) is 9.59 Å². The van der Waals surface area contributed by atoms with E-state index in [9.17, 15) is 36.6 Å². The summed E-state index contributed by atoms with van der Waals surface area (Å²) in [7, 11) is 0. The van der Waals surface area contributed by atoms with Gasteiger partial charge in [0.15, 0.2) is 5.01 Å². The van der Waals surface area contributed by atoms with Crippen molar-refractivity contribution in [3.8, 4) is 10.4 Å². The number of carbonyl (C=O) groups is 2. The molecule has 3 N–H and O–H groups in total. The standard InChI is InChI=1S/C23H26F5N5O3S/c1-10-4-3-5-33(10)22(36)17-18(37-21(32-17)20(35)31-12-6-13(34)7-12)15-9-29-16(8-14(15)19(24)25)30-11(2)23(26,27)28/h8-13,19,34H,3-7H2,1-2H3,(H,29,30)(H,31,35). The van der Waals surface area contributed by atoms with E-state index >= 15 is 0 Å². The highest BCUT2D eigenvalue weighted by atomic mass is 32.1. The molecule has 0 radical (unpaired) electrons. The van der Waals surface area contributed by atoms with Gasteiger partial charge in [0.25, 0.3) is 18.2 Å². The number of aliphatic hydroxyl groups excluding tert-OH is 1. The maximum Gasteiger partial charge on any atom is 0.408 e. The molecule has 0 bridgehead atoms. The number of nitrogens with one attached hydrogen (secondary N) is 2. The summed E-state index contributed by atoms with van der Waals surface area (Å²) >= 11 is 0.735. The Bertz CT molecular complexity index is 1170. The minimum absolute atomic E-state index is 0.0129. The van der Waals surface area contributed by atoms with Crippen molar-refractivity contribution in [2.24, 2.45) is 0 Å². The summed E-state index contributed by atoms with van der Waals surface area (Å²) < 4.78 is 67.0. The van der Waals surface area contributed by atoms with Gasteiger partial charge in [0.05, 0.1) is 11.0 Å². The number of nitrogens with zero attached hydrogens (tertiary/aromatic N) is 3. The number of halogens is 5. The molecule has 2 aromatic rings. The van der Waals surface area contributed by atoms with Gasteiger partial charge in [-0.15, -0.1) is 11.3 Å². The minimum atomic E-state index is -4.62. The van der Waals surface area contributed by atoms with E-state index in [2.05, 4.69) is 20.6 Å². The number of rotatable bonds is 7. The molecule has 2 aromatic heterocycles. The van der Waals surface area contributed by atoms with Gasteiger partial charge in [0.2, 0.25) is 0 Å². The lowest BCUT2D eigenvalue weighted by molar-refractivity contribution is -0.138. The van der Waals surface area contributed by atoms with Crippen LogP contribution in [0.4, 0.5) is 27.8 Å². The summed E-state index contributed by atoms with van der Waals surface area (Å²) in [6.45, 7) is 3.12. The third-order valence-corrected chi connectivity index (χ3v) is 7.64. The highest BCUT2D eigenvalue weighted by Gasteiger charge is 2.37. The quantitative estimate of drug-likeness (QED) is 0.444. The fraction of sp³-hybridized carbons (Fsp3) is 0.565. The summed E-state index contributed by atoms with van der Waals surface area (Å²) in [6.07, 6.45) is -5.03. The van der Waals surface area contributed by atoms with Crippen molar-refractivity contribution in [1.29, 1.82) is 0 Å². The van der Waals surface area contributed by atoms with E-state index in [1.165, 1.54) is 0 Å². The molecule has 2 fully saturated rings. The predicted molar refractivity (Wildman–Crippen MR) is 126 cm³/mol. The van der Waals surface area contributed by atoms with Crippen LogP contribution in [0.2, 0.25) is 0 Å². The average Bonchev–Trinajstić information content (AvgIpc) is 3.43. The zero-order valence-electron chi connectivity index (χ0n) is 20.0. The number of pyridine rings is 1. The van der Waals surface area contributed by atoms with Crippen molar-refractivity contribution < 1.29 is 36.6 Å². The highest BCUT2D eigenvalue weighted by molar-refractivity contribution is 7.17. The van der Waals surface area contributed by atoms with Crippen molar-refractivity contribution >= 4 is 29.0 Å². The predicted octanol–water partition coefficient (Wildman–Crippen LogP) is 4.38. The first-order chi connectivity index (χ1) is 17.3. The Hall–Kier alpha value is -2.87. The van der Waals surface area contributed by atoms with Crippen molar-refractivity contribution in [2.75, 3.05) is 11.9 Å². The molecule has 8 nitrogen and oxygen atoms in total. The smallest absolute Gasteiger partial charge is 0.393 e. The summed E-state index contributed by atoms with van der Waals surface area (Å²) in [5.74, 6) is -1.54. The lowest BCUT2D eigenvalue weighted by Gasteiger charge is -2.31. The molecular formula is C23H26F5N5O3S. The highest BCUT2D eigenvalue weighted by Crippen LogP contribution is 2.39. The van der Waals surface area contributed by atoms with Crippen LogP contribution in [0, 0.1) is 0 Å². The average molecular weight is 548 g/mol. The number of aliphatic hydroxyl groups is 1. The molecule has 1 aliphatic heterocycles. The van der Waals surface area contributed by atoms with Crippen LogP contribution in [-0.4, -0.2) is 68.7 Å². The van der Waals surface area contributed by atoms with Gasteiger partial charge in [0, 0.05) is 36.0 Å². The first-order valence-electron chi connectivity index (χ1n) is 11.8. The molecule has 14 heteroatoms. The lowest BCUT2D eigenvalue weighted by Crippen LogP contribution is -2.46. The van der Waals surface area contributed by atoms with Crippen LogP contribution in [0.3, 0.4) is 0 Å². The molecular weight excluding hydrogens is 521 g/mol. The Morgan fingerprint density at radius 1 is 1.27 bits per heavy atom. The maximum atomic E-state index is 14.1. The van der Waals surface area contributed by atoms with E-state index in [1.54, 1.807) is 4.90 Å². The zero-order chi connectivity index (χ0) is 27.1. The molecule has 2 atom stereocenters. The second-order valence-electron chi connectivity index (χ2n) is 9.35. The number of amides is 2. The Kier molecular flexibility index (Phi) is 7.70. The van der Waals surface area contributed by atoms with Crippen LogP contribution in [0.25, 0.3) is 10.4 Å². The number of likely N-dealkylation sites (tertiary alicyclic amines) is 1. The van der Waals surface area contributed by atoms with Gasteiger partial charge in [-0.1, -0.05) is 0 Å². The summed E-state index contributed by atoms with van der Waals surface area (Å²) in [5, 5.41) is 14.1. The monoisotopic (exact) mass is 547 g/mol. The van der Waals surface area contributed by atoms with Crippen molar-refractivity contribution in [2.45, 2.75) is 76.4 Å². The molecule has 202 valence electrons. The van der Waals surface area contributed by atoms with Gasteiger partial charge < -0.3 is 20.6 Å². The largest absolute Gasteiger partial charge is 0.408 e. The van der Waals surface area contributed by atoms with E-state index < -0.39 is 47.9 Å². The number of aromatic nitrogens is 2. The van der Waals surface area contributed by atoms with Crippen molar-refractivity contribution in [1.82, 2.24) is 20.2 Å². The number of hydrogen-bond acceptors (Lipinski definition) is 7. The van der Waals surface area contributed by atoms with E-state index in [1.807, 2.05) is 6.92 Å². The third kappa shape index (κ3) is 5.84. The number of alkyl halides is 5. The molecule has 2 amide bonds. The minimum Gasteiger partial charge on any atom is -0.393 e. The van der Waals surface area contributed by atoms with Crippen molar-refractivity contribution in [3.63, 3.8) is 0 Å². The molecule has 0 spiro atoms. The van der Waals surface area contributed by atoms with Crippen LogP contribution in [-0.2, 0) is 0 Å². The summed E-state index contributed by atoms with van der Waals surface area (Å²) in [6, 6.07) is -1.61. The fourth-order valence-corrected chi connectivity index (χ4v) is 5.28. The molecule has 2 aliphatic rings. The Labute approximate surface area is 213 Å². The van der Waals surface area contributed by atoms with Crippen LogP contribution in [0.15, 0.2) is 12.3 Å². The van der Waals surface area contributed by atoms with Gasteiger partial charge in [0.1, 0.15) is 17.6 Å². The first-order valence-corrected chi connectivity index (χ1v) is 12.6. The lowest BCUT2D eigenvalue weighted by atomic mass is 9.89. The summed E-state index contributed by atoms with van der Waals surface area (Å²) in [4.78, 5) is 35.8. The number of anilines is 1. The van der Waals surface area contributed by atoms with Crippen LogP contribution < -0.4 is 10.6 Å².